The van der Waals surface area contributed by atoms with Crippen LogP contribution in [0.1, 0.15) is 25.7 Å². The van der Waals surface area contributed by atoms with Crippen LogP contribution in [0.3, 0.4) is 0 Å². The van der Waals surface area contributed by atoms with Gasteiger partial charge in [-0.3, -0.25) is 9.59 Å². The Balaban J connectivity index is 3.21. The third kappa shape index (κ3) is 11.3. The predicted octanol–water partition coefficient (Wildman–Crippen LogP) is 1.43. The lowest BCUT2D eigenvalue weighted by molar-refractivity contribution is -0.145. The zero-order chi connectivity index (χ0) is 12.2. The molecule has 0 aromatic heterocycles. The molecule has 0 bridgehead atoms. The minimum atomic E-state index is -0.845. The number of carbonyl (C=O) groups excluding carboxylic acids is 1. The number of carboxylic acids is 1. The highest BCUT2D eigenvalue weighted by Crippen LogP contribution is 2.01. The normalized spacial score (nSPS) is 10.1. The molecule has 0 unspecified atom stereocenters. The summed E-state index contributed by atoms with van der Waals surface area (Å²) in [4.78, 5) is 21.2. The molecule has 0 saturated carbocycles. The number of unbranched alkanes of at least 4 members (excludes halogenated alkanes) is 1. The molecule has 0 aromatic carbocycles. The second-order valence-corrected chi connectivity index (χ2v) is 3.50. The van der Waals surface area contributed by atoms with Crippen molar-refractivity contribution in [2.45, 2.75) is 25.7 Å². The van der Waals surface area contributed by atoms with Gasteiger partial charge in [0, 0.05) is 18.7 Å². The van der Waals surface area contributed by atoms with Crippen LogP contribution in [0.25, 0.3) is 0 Å². The Kier molecular flexibility index (Phi) is 10.2. The fourth-order valence-corrected chi connectivity index (χ4v) is 1.10. The van der Waals surface area contributed by atoms with E-state index in [1.165, 1.54) is 0 Å². The second-order valence-electron chi connectivity index (χ2n) is 3.12. The highest BCUT2D eigenvalue weighted by Gasteiger charge is 2.03. The summed E-state index contributed by atoms with van der Waals surface area (Å²) in [5.41, 5.74) is 0. The lowest BCUT2D eigenvalue weighted by Crippen LogP contribution is -2.11. The molecule has 0 fully saturated rings. The number of alkyl halides is 1. The van der Waals surface area contributed by atoms with Gasteiger partial charge in [0.15, 0.2) is 0 Å². The van der Waals surface area contributed by atoms with Gasteiger partial charge in [-0.25, -0.2) is 0 Å². The Hall–Kier alpha value is -0.810. The number of aliphatic carboxylic acids is 1. The van der Waals surface area contributed by atoms with Gasteiger partial charge in [-0.15, -0.1) is 11.6 Å². The first kappa shape index (κ1) is 15.2. The van der Waals surface area contributed by atoms with Crippen LogP contribution in [0.5, 0.6) is 0 Å². The zero-order valence-electron chi connectivity index (χ0n) is 9.12. The van der Waals surface area contributed by atoms with Crippen LogP contribution >= 0.6 is 11.6 Å². The smallest absolute Gasteiger partial charge is 0.305 e. The van der Waals surface area contributed by atoms with E-state index in [1.807, 2.05) is 0 Å². The molecule has 0 aliphatic carbocycles. The lowest BCUT2D eigenvalue weighted by atomic mass is 10.2. The highest BCUT2D eigenvalue weighted by atomic mass is 35.5. The van der Waals surface area contributed by atoms with Gasteiger partial charge in [-0.05, 0) is 12.8 Å². The molecule has 0 saturated heterocycles. The molecule has 5 nitrogen and oxygen atoms in total. The Morgan fingerprint density at radius 3 is 2.38 bits per heavy atom. The van der Waals surface area contributed by atoms with Crippen LogP contribution < -0.4 is 0 Å². The third-order valence-corrected chi connectivity index (χ3v) is 1.89. The van der Waals surface area contributed by atoms with Crippen molar-refractivity contribution in [3.05, 3.63) is 0 Å². The Bertz CT molecular complexity index is 207. The molecule has 0 amide bonds. The summed E-state index contributed by atoms with van der Waals surface area (Å²) in [6, 6.07) is 0. The number of hydrogen-bond donors (Lipinski definition) is 1. The molecule has 0 radical (unpaired) electrons. The summed E-state index contributed by atoms with van der Waals surface area (Å²) in [6.07, 6.45) is 1.37. The van der Waals surface area contributed by atoms with Gasteiger partial charge < -0.3 is 14.6 Å². The minimum absolute atomic E-state index is 0.0894. The van der Waals surface area contributed by atoms with E-state index >= 15 is 0 Å². The van der Waals surface area contributed by atoms with Crippen molar-refractivity contribution in [3.63, 3.8) is 0 Å². The van der Waals surface area contributed by atoms with Crippen molar-refractivity contribution < 1.29 is 24.2 Å². The van der Waals surface area contributed by atoms with E-state index in [4.69, 9.17) is 26.2 Å². The average Bonchev–Trinajstić information content (AvgIpc) is 2.24. The number of ether oxygens (including phenoxy) is 2. The standard InChI is InChI=1S/C10H17ClO5/c11-5-6-15-7-8-16-10(14)4-2-1-3-9(12)13/h1-8H2,(H,12,13). The number of esters is 1. The second kappa shape index (κ2) is 10.7. The SMILES string of the molecule is O=C(O)CCCCC(=O)OCCOCCCl. The molecule has 16 heavy (non-hydrogen) atoms. The zero-order valence-corrected chi connectivity index (χ0v) is 9.87. The van der Waals surface area contributed by atoms with Crippen LogP contribution in [0.4, 0.5) is 0 Å². The first-order chi connectivity index (χ1) is 7.66. The highest BCUT2D eigenvalue weighted by molar-refractivity contribution is 6.17. The van der Waals surface area contributed by atoms with Gasteiger partial charge in [0.05, 0.1) is 13.2 Å². The largest absolute Gasteiger partial charge is 0.481 e. The number of carboxylic acid groups (broad SMARTS) is 1. The van der Waals surface area contributed by atoms with E-state index in [-0.39, 0.29) is 25.4 Å². The summed E-state index contributed by atoms with van der Waals surface area (Å²) in [6.45, 7) is 1.000. The molecule has 94 valence electrons. The topological polar surface area (TPSA) is 72.8 Å². The summed E-state index contributed by atoms with van der Waals surface area (Å²) >= 11 is 5.37. The van der Waals surface area contributed by atoms with Crippen molar-refractivity contribution in [2.75, 3.05) is 25.7 Å². The number of rotatable bonds is 10. The van der Waals surface area contributed by atoms with Crippen molar-refractivity contribution in [2.24, 2.45) is 0 Å². The quantitative estimate of drug-likeness (QED) is 0.362. The molecule has 0 heterocycles. The van der Waals surface area contributed by atoms with Crippen molar-refractivity contribution in [1.82, 2.24) is 0 Å². The Labute approximate surface area is 99.7 Å². The maximum absolute atomic E-state index is 11.1. The molecular formula is C10H17ClO5. The van der Waals surface area contributed by atoms with Crippen LogP contribution in [-0.4, -0.2) is 42.7 Å². The Morgan fingerprint density at radius 2 is 1.75 bits per heavy atom. The van der Waals surface area contributed by atoms with Crippen molar-refractivity contribution in [3.8, 4) is 0 Å². The first-order valence-corrected chi connectivity index (χ1v) is 5.71. The summed E-state index contributed by atoms with van der Waals surface area (Å²) in [7, 11) is 0. The van der Waals surface area contributed by atoms with Gasteiger partial charge in [0.2, 0.25) is 0 Å². The fourth-order valence-electron chi connectivity index (χ4n) is 0.989. The molecule has 0 aromatic rings. The predicted molar refractivity (Wildman–Crippen MR) is 58.6 cm³/mol. The van der Waals surface area contributed by atoms with Gasteiger partial charge in [0.25, 0.3) is 0 Å². The molecule has 0 atom stereocenters. The number of halogens is 1. The lowest BCUT2D eigenvalue weighted by Gasteiger charge is -2.04. The monoisotopic (exact) mass is 252 g/mol. The van der Waals surface area contributed by atoms with Gasteiger partial charge >= 0.3 is 11.9 Å². The van der Waals surface area contributed by atoms with Crippen LogP contribution in [0, 0.1) is 0 Å². The molecule has 1 N–H and O–H groups in total. The molecule has 6 heteroatoms. The minimum Gasteiger partial charge on any atom is -0.481 e. The molecular weight excluding hydrogens is 236 g/mol. The number of carbonyl (C=O) groups is 2. The van der Waals surface area contributed by atoms with Gasteiger partial charge in [0.1, 0.15) is 6.61 Å². The average molecular weight is 253 g/mol. The third-order valence-electron chi connectivity index (χ3n) is 1.73. The van der Waals surface area contributed by atoms with E-state index in [0.717, 1.165) is 0 Å². The van der Waals surface area contributed by atoms with Gasteiger partial charge in [-0.2, -0.15) is 0 Å². The van der Waals surface area contributed by atoms with E-state index in [9.17, 15) is 9.59 Å². The maximum Gasteiger partial charge on any atom is 0.305 e. The summed E-state index contributed by atoms with van der Waals surface area (Å²) in [5, 5.41) is 8.36. The fraction of sp³-hybridized carbons (Fsp3) is 0.800. The summed E-state index contributed by atoms with van der Waals surface area (Å²) in [5.74, 6) is -0.744. The van der Waals surface area contributed by atoms with Crippen LogP contribution in [-0.2, 0) is 19.1 Å². The molecule has 0 spiro atoms. The Morgan fingerprint density at radius 1 is 1.06 bits per heavy atom. The number of hydrogen-bond acceptors (Lipinski definition) is 4. The summed E-state index contributed by atoms with van der Waals surface area (Å²) < 4.78 is 9.84. The molecule has 0 aliphatic rings. The van der Waals surface area contributed by atoms with E-state index in [2.05, 4.69) is 0 Å². The van der Waals surface area contributed by atoms with Crippen molar-refractivity contribution >= 4 is 23.5 Å². The van der Waals surface area contributed by atoms with Crippen LogP contribution in [0.15, 0.2) is 0 Å². The maximum atomic E-state index is 11.1. The first-order valence-electron chi connectivity index (χ1n) is 5.18. The molecule has 0 aliphatic heterocycles. The molecule has 0 rings (SSSR count). The van der Waals surface area contributed by atoms with Gasteiger partial charge in [-0.1, -0.05) is 0 Å². The van der Waals surface area contributed by atoms with E-state index in [0.29, 0.717) is 31.9 Å². The van der Waals surface area contributed by atoms with Crippen molar-refractivity contribution in [1.29, 1.82) is 0 Å². The van der Waals surface area contributed by atoms with Crippen LogP contribution in [0.2, 0.25) is 0 Å². The van der Waals surface area contributed by atoms with E-state index in [1.54, 1.807) is 0 Å². The van der Waals surface area contributed by atoms with E-state index < -0.39 is 5.97 Å².